The van der Waals surface area contributed by atoms with Gasteiger partial charge in [0.05, 0.1) is 11.1 Å². The molecule has 92 valence electrons. The van der Waals surface area contributed by atoms with Gasteiger partial charge in [-0.1, -0.05) is 11.6 Å². The van der Waals surface area contributed by atoms with Gasteiger partial charge in [-0.05, 0) is 12.5 Å². The molecule has 0 aromatic carbocycles. The first kappa shape index (κ1) is 12.6. The number of aliphatic hydroxyl groups excluding tert-OH is 2. The second-order valence-corrected chi connectivity index (χ2v) is 4.54. The minimum atomic E-state index is -1.02. The van der Waals surface area contributed by atoms with E-state index in [0.717, 1.165) is 0 Å². The summed E-state index contributed by atoms with van der Waals surface area (Å²) >= 11 is 11.6. The van der Waals surface area contributed by atoms with Gasteiger partial charge in [-0.2, -0.15) is 0 Å². The zero-order chi connectivity index (χ0) is 12.4. The minimum Gasteiger partial charge on any atom is -0.390 e. The average Bonchev–Trinajstić information content (AvgIpc) is 2.73. The van der Waals surface area contributed by atoms with E-state index in [1.807, 2.05) is 0 Å². The first-order valence-electron chi connectivity index (χ1n) is 5.18. The van der Waals surface area contributed by atoms with E-state index in [-0.39, 0.29) is 5.88 Å². The fraction of sp³-hybridized carbons (Fsp3) is 0.364. The summed E-state index contributed by atoms with van der Waals surface area (Å²) in [6.07, 6.45) is 1.55. The number of nitrogens with zero attached hydrogens (tertiary/aromatic N) is 1. The number of H-pyrrole nitrogens is 1. The lowest BCUT2D eigenvalue weighted by molar-refractivity contribution is 0.0179. The van der Waals surface area contributed by atoms with Gasteiger partial charge < -0.3 is 15.2 Å². The molecule has 2 atom stereocenters. The SMILES string of the molecule is OC(CCCl)C(O)c1c[nH]c2nccc(Cl)c12. The normalized spacial score (nSPS) is 15.1. The van der Waals surface area contributed by atoms with Gasteiger partial charge in [0.2, 0.25) is 0 Å². The molecule has 0 aliphatic rings. The van der Waals surface area contributed by atoms with Gasteiger partial charge in [-0.3, -0.25) is 0 Å². The van der Waals surface area contributed by atoms with Crippen molar-refractivity contribution in [1.82, 2.24) is 9.97 Å². The van der Waals surface area contributed by atoms with Crippen LogP contribution >= 0.6 is 23.2 Å². The van der Waals surface area contributed by atoms with Crippen LogP contribution in [0.1, 0.15) is 18.1 Å². The molecule has 2 unspecified atom stereocenters. The van der Waals surface area contributed by atoms with Gasteiger partial charge in [0.15, 0.2) is 0 Å². The van der Waals surface area contributed by atoms with Crippen LogP contribution in [0.2, 0.25) is 5.02 Å². The number of pyridine rings is 1. The highest BCUT2D eigenvalue weighted by Crippen LogP contribution is 2.31. The lowest BCUT2D eigenvalue weighted by Crippen LogP contribution is -2.18. The van der Waals surface area contributed by atoms with Crippen LogP contribution in [0.3, 0.4) is 0 Å². The zero-order valence-corrected chi connectivity index (χ0v) is 10.4. The summed E-state index contributed by atoms with van der Waals surface area (Å²) in [5.41, 5.74) is 1.13. The smallest absolute Gasteiger partial charge is 0.139 e. The van der Waals surface area contributed by atoms with Gasteiger partial charge >= 0.3 is 0 Å². The number of aliphatic hydroxyl groups is 2. The van der Waals surface area contributed by atoms with E-state index in [2.05, 4.69) is 9.97 Å². The molecule has 3 N–H and O–H groups in total. The van der Waals surface area contributed by atoms with Crippen molar-refractivity contribution in [2.45, 2.75) is 18.6 Å². The van der Waals surface area contributed by atoms with Crippen molar-refractivity contribution in [3.63, 3.8) is 0 Å². The number of fused-ring (bicyclic) bond motifs is 1. The number of alkyl halides is 1. The Hall–Kier alpha value is -0.810. The van der Waals surface area contributed by atoms with E-state index < -0.39 is 12.2 Å². The highest BCUT2D eigenvalue weighted by molar-refractivity contribution is 6.35. The molecule has 2 heterocycles. The Morgan fingerprint density at radius 1 is 1.41 bits per heavy atom. The zero-order valence-electron chi connectivity index (χ0n) is 8.90. The lowest BCUT2D eigenvalue weighted by atomic mass is 10.0. The fourth-order valence-electron chi connectivity index (χ4n) is 1.75. The minimum absolute atomic E-state index is 0.284. The lowest BCUT2D eigenvalue weighted by Gasteiger charge is -2.16. The number of aromatic amines is 1. The molecule has 17 heavy (non-hydrogen) atoms. The van der Waals surface area contributed by atoms with Gasteiger partial charge in [0.1, 0.15) is 11.8 Å². The predicted octanol–water partition coefficient (Wildman–Crippen LogP) is 2.24. The van der Waals surface area contributed by atoms with Crippen molar-refractivity contribution in [1.29, 1.82) is 0 Å². The Labute approximate surface area is 108 Å². The molecular formula is C11H12Cl2N2O2. The van der Waals surface area contributed by atoms with Crippen molar-refractivity contribution in [2.75, 3.05) is 5.88 Å². The quantitative estimate of drug-likeness (QED) is 0.749. The van der Waals surface area contributed by atoms with Crippen LogP contribution in [0.15, 0.2) is 18.5 Å². The second kappa shape index (κ2) is 5.23. The molecular weight excluding hydrogens is 263 g/mol. The van der Waals surface area contributed by atoms with E-state index >= 15 is 0 Å². The fourth-order valence-corrected chi connectivity index (χ4v) is 2.23. The summed E-state index contributed by atoms with van der Waals surface area (Å²) < 4.78 is 0. The van der Waals surface area contributed by atoms with Crippen molar-refractivity contribution in [3.8, 4) is 0 Å². The summed E-state index contributed by atoms with van der Waals surface area (Å²) in [7, 11) is 0. The molecule has 0 saturated carbocycles. The van der Waals surface area contributed by atoms with Crippen LogP contribution in [0, 0.1) is 0 Å². The van der Waals surface area contributed by atoms with Crippen LogP contribution in [-0.4, -0.2) is 32.2 Å². The molecule has 0 amide bonds. The molecule has 0 bridgehead atoms. The van der Waals surface area contributed by atoms with Gasteiger partial charge in [0.25, 0.3) is 0 Å². The Bertz CT molecular complexity index is 515. The third-order valence-corrected chi connectivity index (χ3v) is 3.17. The van der Waals surface area contributed by atoms with E-state index in [1.165, 1.54) is 0 Å². The third-order valence-electron chi connectivity index (χ3n) is 2.64. The van der Waals surface area contributed by atoms with E-state index in [1.54, 1.807) is 18.5 Å². The van der Waals surface area contributed by atoms with Crippen LogP contribution in [-0.2, 0) is 0 Å². The Morgan fingerprint density at radius 2 is 2.18 bits per heavy atom. The molecule has 0 aliphatic heterocycles. The third kappa shape index (κ3) is 2.40. The van der Waals surface area contributed by atoms with Crippen molar-refractivity contribution < 1.29 is 10.2 Å². The maximum atomic E-state index is 10.0. The summed E-state index contributed by atoms with van der Waals surface area (Å²) in [6, 6.07) is 1.64. The van der Waals surface area contributed by atoms with Crippen LogP contribution in [0.4, 0.5) is 0 Å². The van der Waals surface area contributed by atoms with Gasteiger partial charge in [-0.15, -0.1) is 11.6 Å². The predicted molar refractivity (Wildman–Crippen MR) is 67.4 cm³/mol. The first-order valence-corrected chi connectivity index (χ1v) is 6.10. The topological polar surface area (TPSA) is 69.1 Å². The van der Waals surface area contributed by atoms with E-state index in [9.17, 15) is 10.2 Å². The summed E-state index contributed by atoms with van der Waals surface area (Å²) in [4.78, 5) is 7.00. The Morgan fingerprint density at radius 3 is 2.88 bits per heavy atom. The van der Waals surface area contributed by atoms with E-state index in [4.69, 9.17) is 23.2 Å². The maximum Gasteiger partial charge on any atom is 0.139 e. The highest BCUT2D eigenvalue weighted by atomic mass is 35.5. The number of aromatic nitrogens is 2. The van der Waals surface area contributed by atoms with Crippen LogP contribution < -0.4 is 0 Å². The number of nitrogens with one attached hydrogen (secondary N) is 1. The molecule has 2 aromatic rings. The van der Waals surface area contributed by atoms with Gasteiger partial charge in [-0.25, -0.2) is 4.98 Å². The molecule has 2 aromatic heterocycles. The second-order valence-electron chi connectivity index (χ2n) is 3.75. The number of hydrogen-bond donors (Lipinski definition) is 3. The van der Waals surface area contributed by atoms with Crippen LogP contribution in [0.25, 0.3) is 11.0 Å². The van der Waals surface area contributed by atoms with Crippen LogP contribution in [0.5, 0.6) is 0 Å². The highest BCUT2D eigenvalue weighted by Gasteiger charge is 2.22. The average molecular weight is 275 g/mol. The summed E-state index contributed by atoms with van der Waals surface area (Å²) in [5, 5.41) is 20.9. The summed E-state index contributed by atoms with van der Waals surface area (Å²) in [6.45, 7) is 0. The number of halogens is 2. The summed E-state index contributed by atoms with van der Waals surface area (Å²) in [5.74, 6) is 0.284. The Kier molecular flexibility index (Phi) is 3.89. The molecule has 2 rings (SSSR count). The van der Waals surface area contributed by atoms with E-state index in [0.29, 0.717) is 28.0 Å². The molecule has 0 radical (unpaired) electrons. The monoisotopic (exact) mass is 274 g/mol. The Balaban J connectivity index is 2.42. The molecule has 0 fully saturated rings. The maximum absolute atomic E-state index is 10.0. The number of hydrogen-bond acceptors (Lipinski definition) is 3. The molecule has 4 nitrogen and oxygen atoms in total. The van der Waals surface area contributed by atoms with Crippen molar-refractivity contribution in [3.05, 3.63) is 29.0 Å². The molecule has 6 heteroatoms. The largest absolute Gasteiger partial charge is 0.390 e. The van der Waals surface area contributed by atoms with Crippen molar-refractivity contribution >= 4 is 34.2 Å². The standard InChI is InChI=1S/C11H12Cl2N2O2/c12-3-1-8(16)10(17)6-5-15-11-9(6)7(13)2-4-14-11/h2,4-5,8,10,16-17H,1,3H2,(H,14,15). The molecule has 0 saturated heterocycles. The van der Waals surface area contributed by atoms with Gasteiger partial charge in [0, 0.05) is 29.2 Å². The molecule has 0 aliphatic carbocycles. The van der Waals surface area contributed by atoms with Crippen molar-refractivity contribution in [2.24, 2.45) is 0 Å². The number of rotatable bonds is 4. The molecule has 0 spiro atoms. The first-order chi connectivity index (χ1) is 8.15.